The largest absolute Gasteiger partial charge is 2.00 e. The van der Waals surface area contributed by atoms with Gasteiger partial charge in [0.1, 0.15) is 0 Å². The van der Waals surface area contributed by atoms with Crippen LogP contribution < -0.4 is 0 Å². The molecule has 0 saturated heterocycles. The zero-order valence-corrected chi connectivity index (χ0v) is 6.64. The fraction of sp³-hybridized carbons (Fsp3) is 0. The second kappa shape index (κ2) is 4.18. The van der Waals surface area contributed by atoms with E-state index in [9.17, 15) is 0 Å². The van der Waals surface area contributed by atoms with Gasteiger partial charge in [0.2, 0.25) is 0 Å². The van der Waals surface area contributed by atoms with Gasteiger partial charge >= 0.3 is 23.1 Å². The molecule has 1 aromatic rings. The standard InChI is InChI=1S/C6H5Cl.Mg.2H/c7-6-4-2-1-3-5-6;;;/h1-5H;;;/q;+2;2*-1. The van der Waals surface area contributed by atoms with Crippen molar-refractivity contribution >= 4 is 34.7 Å². The van der Waals surface area contributed by atoms with E-state index < -0.39 is 0 Å². The molecule has 0 aromatic heterocycles. The third kappa shape index (κ3) is 2.55. The smallest absolute Gasteiger partial charge is 1.00 e. The van der Waals surface area contributed by atoms with Gasteiger partial charge in [-0.05, 0) is 12.1 Å². The van der Waals surface area contributed by atoms with Crippen LogP contribution in [0.5, 0.6) is 0 Å². The Morgan fingerprint density at radius 1 is 1.12 bits per heavy atom. The van der Waals surface area contributed by atoms with Crippen LogP contribution in [0.25, 0.3) is 0 Å². The van der Waals surface area contributed by atoms with Gasteiger partial charge in [0, 0.05) is 5.02 Å². The molecule has 0 bridgehead atoms. The minimum absolute atomic E-state index is 0. The Morgan fingerprint density at radius 2 is 1.62 bits per heavy atom. The van der Waals surface area contributed by atoms with E-state index in [1.807, 2.05) is 30.3 Å². The number of benzene rings is 1. The first kappa shape index (κ1) is 8.28. The summed E-state index contributed by atoms with van der Waals surface area (Å²) in [6.07, 6.45) is 0. The van der Waals surface area contributed by atoms with Gasteiger partial charge in [0.15, 0.2) is 0 Å². The molecule has 8 heavy (non-hydrogen) atoms. The molecular formula is C6H7ClMg. The van der Waals surface area contributed by atoms with Crippen LogP contribution in [0, 0.1) is 0 Å². The van der Waals surface area contributed by atoms with E-state index in [1.54, 1.807) is 0 Å². The van der Waals surface area contributed by atoms with Crippen molar-refractivity contribution in [2.24, 2.45) is 0 Å². The Hall–Kier alpha value is 0.276. The van der Waals surface area contributed by atoms with Crippen LogP contribution in [0.15, 0.2) is 30.3 Å². The van der Waals surface area contributed by atoms with Crippen LogP contribution in [0.2, 0.25) is 5.02 Å². The third-order valence-electron chi connectivity index (χ3n) is 0.733. The molecule has 2 heteroatoms. The van der Waals surface area contributed by atoms with Crippen molar-refractivity contribution in [3.05, 3.63) is 35.4 Å². The van der Waals surface area contributed by atoms with E-state index in [1.165, 1.54) is 0 Å². The predicted octanol–water partition coefficient (Wildman–Crippen LogP) is 2.18. The summed E-state index contributed by atoms with van der Waals surface area (Å²) in [6, 6.07) is 9.44. The Kier molecular flexibility index (Phi) is 4.33. The summed E-state index contributed by atoms with van der Waals surface area (Å²) in [4.78, 5) is 0. The van der Waals surface area contributed by atoms with Gasteiger partial charge in [0.25, 0.3) is 0 Å². The van der Waals surface area contributed by atoms with Gasteiger partial charge < -0.3 is 2.85 Å². The number of rotatable bonds is 0. The Bertz CT molecular complexity index is 146. The molecule has 0 aliphatic rings. The molecule has 0 saturated carbocycles. The van der Waals surface area contributed by atoms with Crippen LogP contribution in [0.3, 0.4) is 0 Å². The summed E-state index contributed by atoms with van der Waals surface area (Å²) in [5.41, 5.74) is 0. The average molecular weight is 139 g/mol. The average Bonchev–Trinajstić information content (AvgIpc) is 1.69. The maximum atomic E-state index is 5.54. The molecule has 0 N–H and O–H groups in total. The second-order valence-electron chi connectivity index (χ2n) is 1.30. The van der Waals surface area contributed by atoms with Gasteiger partial charge in [0.05, 0.1) is 0 Å². The molecule has 1 rings (SSSR count). The third-order valence-corrected chi connectivity index (χ3v) is 0.985. The fourth-order valence-electron chi connectivity index (χ4n) is 0.415. The van der Waals surface area contributed by atoms with Crippen molar-refractivity contribution in [1.82, 2.24) is 0 Å². The molecule has 0 aliphatic heterocycles. The van der Waals surface area contributed by atoms with E-state index in [0.717, 1.165) is 5.02 Å². The first-order valence-corrected chi connectivity index (χ1v) is 2.48. The molecular weight excluding hydrogens is 132 g/mol. The van der Waals surface area contributed by atoms with Crippen LogP contribution in [-0.4, -0.2) is 23.1 Å². The van der Waals surface area contributed by atoms with Crippen LogP contribution >= 0.6 is 11.6 Å². The van der Waals surface area contributed by atoms with Crippen molar-refractivity contribution in [2.75, 3.05) is 0 Å². The molecule has 0 fully saturated rings. The molecule has 0 nitrogen and oxygen atoms in total. The van der Waals surface area contributed by atoms with Crippen molar-refractivity contribution in [1.29, 1.82) is 0 Å². The van der Waals surface area contributed by atoms with Gasteiger partial charge in [-0.15, -0.1) is 0 Å². The van der Waals surface area contributed by atoms with E-state index in [2.05, 4.69) is 0 Å². The number of hydrogen-bond donors (Lipinski definition) is 0. The van der Waals surface area contributed by atoms with Crippen molar-refractivity contribution in [3.8, 4) is 0 Å². The first-order chi connectivity index (χ1) is 3.39. The summed E-state index contributed by atoms with van der Waals surface area (Å²) in [5.74, 6) is 0. The Labute approximate surface area is 73.0 Å². The first-order valence-electron chi connectivity index (χ1n) is 2.10. The maximum Gasteiger partial charge on any atom is 2.00 e. The Balaban J connectivity index is -0.000000163. The summed E-state index contributed by atoms with van der Waals surface area (Å²) >= 11 is 5.54. The zero-order chi connectivity index (χ0) is 5.11. The minimum atomic E-state index is 0. The molecule has 0 unspecified atom stereocenters. The van der Waals surface area contributed by atoms with Gasteiger partial charge in [-0.2, -0.15) is 0 Å². The molecule has 0 aliphatic carbocycles. The summed E-state index contributed by atoms with van der Waals surface area (Å²) < 4.78 is 0. The second-order valence-corrected chi connectivity index (χ2v) is 1.73. The number of halogens is 1. The Morgan fingerprint density at radius 3 is 1.88 bits per heavy atom. The molecule has 0 atom stereocenters. The SMILES string of the molecule is Clc1ccccc1.[H-].[H-].[Mg+2]. The fourth-order valence-corrected chi connectivity index (χ4v) is 0.560. The van der Waals surface area contributed by atoms with Crippen LogP contribution in [-0.2, 0) is 0 Å². The molecule has 0 heterocycles. The van der Waals surface area contributed by atoms with Gasteiger partial charge in [-0.25, -0.2) is 0 Å². The number of hydrogen-bond acceptors (Lipinski definition) is 0. The summed E-state index contributed by atoms with van der Waals surface area (Å²) in [7, 11) is 0. The van der Waals surface area contributed by atoms with Gasteiger partial charge in [-0.1, -0.05) is 29.8 Å². The van der Waals surface area contributed by atoms with Crippen LogP contribution in [0.4, 0.5) is 0 Å². The molecule has 0 radical (unpaired) electrons. The molecule has 0 amide bonds. The zero-order valence-electron chi connectivity index (χ0n) is 6.47. The monoisotopic (exact) mass is 138 g/mol. The van der Waals surface area contributed by atoms with Gasteiger partial charge in [-0.3, -0.25) is 0 Å². The van der Waals surface area contributed by atoms with Crippen molar-refractivity contribution < 1.29 is 2.85 Å². The van der Waals surface area contributed by atoms with Crippen molar-refractivity contribution in [2.45, 2.75) is 0 Å². The minimum Gasteiger partial charge on any atom is -1.00 e. The molecule has 1 aromatic carbocycles. The maximum absolute atomic E-state index is 5.54. The van der Waals surface area contributed by atoms with E-state index in [4.69, 9.17) is 11.6 Å². The normalized spacial score (nSPS) is 7.62. The summed E-state index contributed by atoms with van der Waals surface area (Å²) in [5, 5.41) is 0.794. The topological polar surface area (TPSA) is 0 Å². The molecule has 0 spiro atoms. The van der Waals surface area contributed by atoms with E-state index in [-0.39, 0.29) is 25.9 Å². The quantitative estimate of drug-likeness (QED) is 0.483. The van der Waals surface area contributed by atoms with E-state index in [0.29, 0.717) is 0 Å². The predicted molar refractivity (Wildman–Crippen MR) is 39.4 cm³/mol. The molecule has 40 valence electrons. The van der Waals surface area contributed by atoms with Crippen LogP contribution in [0.1, 0.15) is 2.85 Å². The summed E-state index contributed by atoms with van der Waals surface area (Å²) in [6.45, 7) is 0. The van der Waals surface area contributed by atoms with Crippen molar-refractivity contribution in [3.63, 3.8) is 0 Å². The van der Waals surface area contributed by atoms with E-state index >= 15 is 0 Å².